The Kier molecular flexibility index (Phi) is 5.78. The van der Waals surface area contributed by atoms with Crippen LogP contribution in [0.4, 0.5) is 0 Å². The van der Waals surface area contributed by atoms with Crippen LogP contribution in [0.2, 0.25) is 0 Å². The summed E-state index contributed by atoms with van der Waals surface area (Å²) < 4.78 is 27.1. The van der Waals surface area contributed by atoms with Crippen LogP contribution in [0.1, 0.15) is 35.7 Å². The first-order valence-electron chi connectivity index (χ1n) is 7.85. The third-order valence-corrected chi connectivity index (χ3v) is 5.80. The molecule has 1 aromatic rings. The van der Waals surface area contributed by atoms with Gasteiger partial charge in [0, 0.05) is 13.1 Å². The highest BCUT2D eigenvalue weighted by molar-refractivity contribution is 7.89. The Balaban J connectivity index is 1.96. The molecule has 0 unspecified atom stereocenters. The summed E-state index contributed by atoms with van der Waals surface area (Å²) in [5.74, 6) is -0.382. The minimum Gasteiger partial charge on any atom is -0.478 e. The lowest BCUT2D eigenvalue weighted by Gasteiger charge is -2.30. The fraction of sp³-hybridized carbons (Fsp3) is 0.562. The molecule has 1 aromatic carbocycles. The molecule has 0 aliphatic carbocycles. The summed E-state index contributed by atoms with van der Waals surface area (Å²) in [5.41, 5.74) is 0.553. The number of nitrogens with one attached hydrogen (secondary N) is 1. The van der Waals surface area contributed by atoms with Gasteiger partial charge in [0.2, 0.25) is 10.0 Å². The van der Waals surface area contributed by atoms with Crippen molar-refractivity contribution in [3.63, 3.8) is 0 Å². The molecule has 1 heterocycles. The Bertz CT molecular complexity index is 665. The molecule has 23 heavy (non-hydrogen) atoms. The van der Waals surface area contributed by atoms with Crippen LogP contribution in [0.3, 0.4) is 0 Å². The molecule has 0 spiro atoms. The molecule has 0 saturated carbocycles. The van der Waals surface area contributed by atoms with Gasteiger partial charge in [0.1, 0.15) is 0 Å². The van der Waals surface area contributed by atoms with E-state index in [-0.39, 0.29) is 10.5 Å². The number of aryl methyl sites for hydroxylation is 1. The zero-order chi connectivity index (χ0) is 17.0. The molecular weight excluding hydrogens is 316 g/mol. The Morgan fingerprint density at radius 1 is 1.35 bits per heavy atom. The van der Waals surface area contributed by atoms with Gasteiger partial charge in [0.15, 0.2) is 0 Å². The van der Waals surface area contributed by atoms with Crippen molar-refractivity contribution in [2.24, 2.45) is 5.92 Å². The monoisotopic (exact) mass is 340 g/mol. The molecule has 1 saturated heterocycles. The number of hydrogen-bond acceptors (Lipinski definition) is 4. The van der Waals surface area contributed by atoms with Gasteiger partial charge in [-0.1, -0.05) is 13.0 Å². The lowest BCUT2D eigenvalue weighted by atomic mass is 9.99. The van der Waals surface area contributed by atoms with E-state index in [0.717, 1.165) is 31.8 Å². The number of hydrogen-bond donors (Lipinski definition) is 2. The molecular formula is C16H24N2O4S. The van der Waals surface area contributed by atoms with Crippen molar-refractivity contribution in [2.45, 2.75) is 31.6 Å². The van der Waals surface area contributed by atoms with E-state index in [4.69, 9.17) is 5.11 Å². The summed E-state index contributed by atoms with van der Waals surface area (Å²) in [6.07, 6.45) is 2.29. The minimum atomic E-state index is -3.68. The molecule has 0 radical (unpaired) electrons. The fourth-order valence-corrected chi connectivity index (χ4v) is 3.75. The van der Waals surface area contributed by atoms with Crippen molar-refractivity contribution < 1.29 is 18.3 Å². The second-order valence-electron chi connectivity index (χ2n) is 6.20. The van der Waals surface area contributed by atoms with Gasteiger partial charge < -0.3 is 10.0 Å². The summed E-state index contributed by atoms with van der Waals surface area (Å²) >= 11 is 0. The van der Waals surface area contributed by atoms with E-state index in [0.29, 0.717) is 18.7 Å². The number of aromatic carboxylic acids is 1. The van der Waals surface area contributed by atoms with E-state index in [9.17, 15) is 13.2 Å². The predicted molar refractivity (Wildman–Crippen MR) is 88.2 cm³/mol. The van der Waals surface area contributed by atoms with E-state index in [2.05, 4.69) is 16.5 Å². The summed E-state index contributed by atoms with van der Waals surface area (Å²) in [5, 5.41) is 9.10. The first-order chi connectivity index (χ1) is 10.8. The molecule has 2 N–H and O–H groups in total. The Morgan fingerprint density at radius 2 is 2.00 bits per heavy atom. The number of sulfonamides is 1. The second kappa shape index (κ2) is 7.42. The van der Waals surface area contributed by atoms with Crippen molar-refractivity contribution in [1.29, 1.82) is 0 Å². The maximum Gasteiger partial charge on any atom is 0.335 e. The standard InChI is InChI=1S/C16H24N2O4S/c1-12-5-8-18(9-6-12)10-7-17-23(21,22)14-4-3-13(2)15(11-14)16(19)20/h3-4,11-12,17H,5-10H2,1-2H3,(H,19,20). The summed E-state index contributed by atoms with van der Waals surface area (Å²) in [7, 11) is -3.68. The van der Waals surface area contributed by atoms with Crippen LogP contribution >= 0.6 is 0 Å². The third-order valence-electron chi connectivity index (χ3n) is 4.35. The molecule has 0 bridgehead atoms. The zero-order valence-electron chi connectivity index (χ0n) is 13.6. The van der Waals surface area contributed by atoms with Crippen molar-refractivity contribution in [3.05, 3.63) is 29.3 Å². The molecule has 1 fully saturated rings. The SMILES string of the molecule is Cc1ccc(S(=O)(=O)NCCN2CCC(C)CC2)cc1C(=O)O. The van der Waals surface area contributed by atoms with Crippen LogP contribution in [-0.4, -0.2) is 50.6 Å². The van der Waals surface area contributed by atoms with E-state index >= 15 is 0 Å². The Morgan fingerprint density at radius 3 is 2.61 bits per heavy atom. The average molecular weight is 340 g/mol. The number of carboxylic acid groups (broad SMARTS) is 1. The van der Waals surface area contributed by atoms with Crippen LogP contribution in [0.15, 0.2) is 23.1 Å². The molecule has 1 aliphatic heterocycles. The summed E-state index contributed by atoms with van der Waals surface area (Å²) in [6.45, 7) is 6.87. The Hall–Kier alpha value is -1.44. The molecule has 0 aromatic heterocycles. The predicted octanol–water partition coefficient (Wildman–Crippen LogP) is 1.70. The molecule has 7 heteroatoms. The van der Waals surface area contributed by atoms with Crippen LogP contribution in [0, 0.1) is 12.8 Å². The van der Waals surface area contributed by atoms with Crippen molar-refractivity contribution in [1.82, 2.24) is 9.62 Å². The van der Waals surface area contributed by atoms with Gasteiger partial charge in [0.25, 0.3) is 0 Å². The van der Waals surface area contributed by atoms with E-state index in [1.54, 1.807) is 6.92 Å². The summed E-state index contributed by atoms with van der Waals surface area (Å²) in [6, 6.07) is 4.17. The van der Waals surface area contributed by atoms with E-state index < -0.39 is 16.0 Å². The van der Waals surface area contributed by atoms with Crippen molar-refractivity contribution in [2.75, 3.05) is 26.2 Å². The van der Waals surface area contributed by atoms with Gasteiger partial charge in [-0.05, 0) is 56.5 Å². The van der Waals surface area contributed by atoms with Crippen LogP contribution in [-0.2, 0) is 10.0 Å². The highest BCUT2D eigenvalue weighted by atomic mass is 32.2. The number of nitrogens with zero attached hydrogens (tertiary/aromatic N) is 1. The molecule has 6 nitrogen and oxygen atoms in total. The van der Waals surface area contributed by atoms with Gasteiger partial charge in [-0.15, -0.1) is 0 Å². The number of carbonyl (C=O) groups is 1. The van der Waals surface area contributed by atoms with Crippen molar-refractivity contribution in [3.8, 4) is 0 Å². The highest BCUT2D eigenvalue weighted by Crippen LogP contribution is 2.17. The Labute approximate surface area is 137 Å². The maximum atomic E-state index is 12.3. The number of rotatable bonds is 6. The highest BCUT2D eigenvalue weighted by Gasteiger charge is 2.19. The largest absolute Gasteiger partial charge is 0.478 e. The van der Waals surface area contributed by atoms with Gasteiger partial charge in [-0.25, -0.2) is 17.9 Å². The van der Waals surface area contributed by atoms with Crippen molar-refractivity contribution >= 4 is 16.0 Å². The third kappa shape index (κ3) is 4.76. The lowest BCUT2D eigenvalue weighted by molar-refractivity contribution is 0.0696. The zero-order valence-corrected chi connectivity index (χ0v) is 14.4. The molecule has 1 aliphatic rings. The fourth-order valence-electron chi connectivity index (χ4n) is 2.71. The van der Waals surface area contributed by atoms with Crippen LogP contribution < -0.4 is 4.72 Å². The average Bonchev–Trinajstić information content (AvgIpc) is 2.49. The van der Waals surface area contributed by atoms with Crippen LogP contribution in [0.5, 0.6) is 0 Å². The number of carboxylic acids is 1. The second-order valence-corrected chi connectivity index (χ2v) is 7.97. The van der Waals surface area contributed by atoms with E-state index in [1.807, 2.05) is 0 Å². The van der Waals surface area contributed by atoms with Crippen LogP contribution in [0.25, 0.3) is 0 Å². The number of benzene rings is 1. The lowest BCUT2D eigenvalue weighted by Crippen LogP contribution is -2.39. The topological polar surface area (TPSA) is 86.7 Å². The quantitative estimate of drug-likeness (QED) is 0.823. The molecule has 0 atom stereocenters. The molecule has 128 valence electrons. The molecule has 0 amide bonds. The van der Waals surface area contributed by atoms with Gasteiger partial charge >= 0.3 is 5.97 Å². The first-order valence-corrected chi connectivity index (χ1v) is 9.34. The van der Waals surface area contributed by atoms with Gasteiger partial charge in [-0.2, -0.15) is 0 Å². The van der Waals surface area contributed by atoms with Gasteiger partial charge in [0.05, 0.1) is 10.5 Å². The smallest absolute Gasteiger partial charge is 0.335 e. The normalized spacial score (nSPS) is 17.3. The van der Waals surface area contributed by atoms with E-state index in [1.165, 1.54) is 18.2 Å². The summed E-state index contributed by atoms with van der Waals surface area (Å²) in [4.78, 5) is 13.4. The first kappa shape index (κ1) is 17.9. The minimum absolute atomic E-state index is 0.00670. The maximum absolute atomic E-state index is 12.3. The number of piperidine rings is 1. The molecule has 2 rings (SSSR count). The van der Waals surface area contributed by atoms with Gasteiger partial charge in [-0.3, -0.25) is 0 Å². The number of likely N-dealkylation sites (tertiary alicyclic amines) is 1.